The summed E-state index contributed by atoms with van der Waals surface area (Å²) < 4.78 is 34.9. The molecule has 4 unspecified atom stereocenters. The van der Waals surface area contributed by atoms with Gasteiger partial charge >= 0.3 is 24.2 Å². The van der Waals surface area contributed by atoms with Crippen LogP contribution in [0, 0.1) is 11.8 Å². The van der Waals surface area contributed by atoms with Gasteiger partial charge in [-0.15, -0.1) is 0 Å². The lowest BCUT2D eigenvalue weighted by Crippen LogP contribution is -2.39. The molecular weight excluding hydrogens is 981 g/mol. The van der Waals surface area contributed by atoms with Crippen LogP contribution < -0.4 is 0 Å². The Morgan fingerprint density at radius 3 is 0.923 bits per heavy atom. The second-order valence-electron chi connectivity index (χ2n) is 22.9. The van der Waals surface area contributed by atoms with Crippen LogP contribution in [-0.2, 0) is 38.0 Å². The van der Waals surface area contributed by atoms with E-state index in [9.17, 15) is 19.2 Å². The molecule has 0 amide bonds. The van der Waals surface area contributed by atoms with Gasteiger partial charge in [0.15, 0.2) is 0 Å². The molecule has 0 saturated carbocycles. The highest BCUT2D eigenvalue weighted by Crippen LogP contribution is 2.23. The first-order valence-electron chi connectivity index (χ1n) is 33.5. The third kappa shape index (κ3) is 49.2. The van der Waals surface area contributed by atoms with E-state index in [2.05, 4.69) is 65.2 Å². The molecule has 0 aromatic rings. The normalized spacial score (nSPS) is 13.1. The standard InChI is InChI=1S/C66H128N2O10/c1-9-17-23-29-31-35-43-59(41-33-25-19-11-3)57-75-63(69)49-39-47-61(45-37-27-21-13-5)77-65(71)73-55-53-68(52-51-67(15-7)16-8)54-56-74-66(72)78-62(46-38-28-22-14-6)48-40-50-64(70)76-58-60(42-34-26-20-12-4)44-36-32-30-24-18-10-2/h59-62H,9-58H2,1-8H3. The maximum Gasteiger partial charge on any atom is 0.508 e. The number of nitrogens with zero attached hydrogens (tertiary/aromatic N) is 2. The first-order valence-corrected chi connectivity index (χ1v) is 33.5. The van der Waals surface area contributed by atoms with Crippen LogP contribution in [0.25, 0.3) is 0 Å². The lowest BCUT2D eigenvalue weighted by molar-refractivity contribution is -0.146. The summed E-state index contributed by atoms with van der Waals surface area (Å²) in [6.45, 7) is 23.2. The molecule has 0 aromatic heterocycles. The minimum atomic E-state index is -0.689. The lowest BCUT2D eigenvalue weighted by atomic mass is 9.95. The fraction of sp³-hybridized carbons (Fsp3) is 0.939. The van der Waals surface area contributed by atoms with E-state index >= 15 is 0 Å². The second-order valence-corrected chi connectivity index (χ2v) is 22.9. The van der Waals surface area contributed by atoms with Crippen molar-refractivity contribution >= 4 is 24.2 Å². The predicted octanol–water partition coefficient (Wildman–Crippen LogP) is 18.7. The van der Waals surface area contributed by atoms with Crippen LogP contribution in [-0.4, -0.2) is 112 Å². The first kappa shape index (κ1) is 75.4. The van der Waals surface area contributed by atoms with Gasteiger partial charge in [0.2, 0.25) is 0 Å². The maximum absolute atomic E-state index is 13.2. The van der Waals surface area contributed by atoms with E-state index in [4.69, 9.17) is 28.4 Å². The molecule has 0 aromatic carbocycles. The van der Waals surface area contributed by atoms with Crippen LogP contribution in [0.3, 0.4) is 0 Å². The van der Waals surface area contributed by atoms with Crippen LogP contribution >= 0.6 is 0 Å². The van der Waals surface area contributed by atoms with E-state index in [1.165, 1.54) is 128 Å². The molecule has 0 spiro atoms. The Kier molecular flexibility index (Phi) is 55.7. The molecule has 462 valence electrons. The topological polar surface area (TPSA) is 130 Å². The monoisotopic (exact) mass is 1110 g/mol. The van der Waals surface area contributed by atoms with Gasteiger partial charge in [0, 0.05) is 39.0 Å². The van der Waals surface area contributed by atoms with Gasteiger partial charge in [0.1, 0.15) is 25.4 Å². The van der Waals surface area contributed by atoms with E-state index in [0.29, 0.717) is 83.2 Å². The van der Waals surface area contributed by atoms with E-state index in [1.807, 2.05) is 0 Å². The van der Waals surface area contributed by atoms with Crippen molar-refractivity contribution in [2.24, 2.45) is 11.8 Å². The highest BCUT2D eigenvalue weighted by atomic mass is 16.7. The molecule has 0 aliphatic carbocycles. The van der Waals surface area contributed by atoms with Crippen molar-refractivity contribution in [2.45, 2.75) is 324 Å². The highest BCUT2D eigenvalue weighted by Gasteiger charge is 2.21. The van der Waals surface area contributed by atoms with Gasteiger partial charge in [-0.3, -0.25) is 14.5 Å². The number of carbonyl (C=O) groups is 4. The highest BCUT2D eigenvalue weighted by molar-refractivity contribution is 5.69. The molecule has 0 saturated heterocycles. The van der Waals surface area contributed by atoms with Crippen molar-refractivity contribution in [1.29, 1.82) is 0 Å². The van der Waals surface area contributed by atoms with Gasteiger partial charge in [-0.1, -0.05) is 222 Å². The Hall–Kier alpha value is -2.60. The van der Waals surface area contributed by atoms with Gasteiger partial charge in [0.05, 0.1) is 13.2 Å². The Morgan fingerprint density at radius 2 is 0.590 bits per heavy atom. The fourth-order valence-corrected chi connectivity index (χ4v) is 10.4. The number of unbranched alkanes of at least 4 members (excludes halogenated alkanes) is 22. The number of ether oxygens (including phenoxy) is 6. The minimum absolute atomic E-state index is 0.135. The zero-order valence-electron chi connectivity index (χ0n) is 52.6. The van der Waals surface area contributed by atoms with Crippen molar-refractivity contribution in [3.05, 3.63) is 0 Å². The Bertz CT molecular complexity index is 1240. The third-order valence-corrected chi connectivity index (χ3v) is 15.8. The number of likely N-dealkylation sites (N-methyl/N-ethyl adjacent to an activating group) is 1. The number of rotatable bonds is 59. The van der Waals surface area contributed by atoms with Crippen molar-refractivity contribution in [1.82, 2.24) is 9.80 Å². The summed E-state index contributed by atoms with van der Waals surface area (Å²) in [6.07, 6.45) is 40.5. The summed E-state index contributed by atoms with van der Waals surface area (Å²) in [5.74, 6) is 0.532. The molecule has 12 heteroatoms. The van der Waals surface area contributed by atoms with Crippen molar-refractivity contribution in [3.8, 4) is 0 Å². The Morgan fingerprint density at radius 1 is 0.308 bits per heavy atom. The van der Waals surface area contributed by atoms with E-state index in [-0.39, 0.29) is 37.4 Å². The Labute approximate surface area is 481 Å². The summed E-state index contributed by atoms with van der Waals surface area (Å²) in [4.78, 5) is 56.8. The van der Waals surface area contributed by atoms with Gasteiger partial charge in [-0.2, -0.15) is 0 Å². The minimum Gasteiger partial charge on any atom is -0.465 e. The van der Waals surface area contributed by atoms with Crippen LogP contribution in [0.2, 0.25) is 0 Å². The predicted molar refractivity (Wildman–Crippen MR) is 324 cm³/mol. The van der Waals surface area contributed by atoms with Crippen molar-refractivity contribution < 1.29 is 47.6 Å². The van der Waals surface area contributed by atoms with Crippen molar-refractivity contribution in [2.75, 3.05) is 65.7 Å². The lowest BCUT2D eigenvalue weighted by Gasteiger charge is -2.26. The van der Waals surface area contributed by atoms with Gasteiger partial charge in [0.25, 0.3) is 0 Å². The van der Waals surface area contributed by atoms with Crippen LogP contribution in [0.4, 0.5) is 9.59 Å². The fourth-order valence-electron chi connectivity index (χ4n) is 10.4. The SMILES string of the molecule is CCCCCCCCC(CCCCCC)COC(=O)CCCC(CCCCCC)OC(=O)OCCN(CCOC(=O)OC(CCCCCC)CCCC(=O)OCC(CCCCCC)CCCCCCCC)CCN(CC)CC. The number of hydrogen-bond acceptors (Lipinski definition) is 12. The summed E-state index contributed by atoms with van der Waals surface area (Å²) >= 11 is 0. The second kappa shape index (κ2) is 57.6. The van der Waals surface area contributed by atoms with Crippen molar-refractivity contribution in [3.63, 3.8) is 0 Å². The molecule has 12 nitrogen and oxygen atoms in total. The van der Waals surface area contributed by atoms with Crippen LogP contribution in [0.5, 0.6) is 0 Å². The number of esters is 2. The number of carbonyl (C=O) groups excluding carboxylic acids is 4. The van der Waals surface area contributed by atoms with Gasteiger partial charge in [-0.25, -0.2) is 9.59 Å². The van der Waals surface area contributed by atoms with E-state index in [0.717, 1.165) is 110 Å². The van der Waals surface area contributed by atoms with Crippen LogP contribution in [0.1, 0.15) is 312 Å². The van der Waals surface area contributed by atoms with E-state index < -0.39 is 12.3 Å². The largest absolute Gasteiger partial charge is 0.508 e. The molecule has 0 N–H and O–H groups in total. The third-order valence-electron chi connectivity index (χ3n) is 15.8. The smallest absolute Gasteiger partial charge is 0.465 e. The molecule has 0 aliphatic rings. The molecule has 0 aliphatic heterocycles. The molecular formula is C66H128N2O10. The maximum atomic E-state index is 13.2. The molecule has 0 radical (unpaired) electrons. The average molecular weight is 1110 g/mol. The number of hydrogen-bond donors (Lipinski definition) is 0. The molecule has 0 heterocycles. The molecule has 78 heavy (non-hydrogen) atoms. The Balaban J connectivity index is 5.31. The molecule has 4 atom stereocenters. The zero-order valence-corrected chi connectivity index (χ0v) is 52.6. The average Bonchev–Trinajstić information content (AvgIpc) is 3.43. The zero-order chi connectivity index (χ0) is 57.4. The summed E-state index contributed by atoms with van der Waals surface area (Å²) in [5.41, 5.74) is 0. The molecule has 0 fully saturated rings. The summed E-state index contributed by atoms with van der Waals surface area (Å²) in [7, 11) is 0. The summed E-state index contributed by atoms with van der Waals surface area (Å²) in [5, 5.41) is 0. The quantitative estimate of drug-likeness (QED) is 0.0326. The summed E-state index contributed by atoms with van der Waals surface area (Å²) in [6, 6.07) is 0. The van der Waals surface area contributed by atoms with Gasteiger partial charge < -0.3 is 33.3 Å². The molecule has 0 bridgehead atoms. The van der Waals surface area contributed by atoms with E-state index in [1.54, 1.807) is 0 Å². The van der Waals surface area contributed by atoms with Crippen LogP contribution in [0.15, 0.2) is 0 Å². The van der Waals surface area contributed by atoms with Gasteiger partial charge in [-0.05, 0) is 102 Å². The molecule has 0 rings (SSSR count). The first-order chi connectivity index (χ1) is 38.1.